The molecule has 0 aromatic carbocycles. The van der Waals surface area contributed by atoms with Crippen LogP contribution < -0.4 is 15.2 Å². The normalized spacial score (nSPS) is 24.6. The maximum Gasteiger partial charge on any atom is 0.274 e. The Kier molecular flexibility index (Phi) is 3.45. The van der Waals surface area contributed by atoms with E-state index in [1.54, 1.807) is 0 Å². The Morgan fingerprint density at radius 3 is 2.83 bits per heavy atom. The summed E-state index contributed by atoms with van der Waals surface area (Å²) in [7, 11) is -3.49. The van der Waals surface area contributed by atoms with Gasteiger partial charge in [0.1, 0.15) is 0 Å². The highest BCUT2D eigenvalue weighted by Gasteiger charge is 2.13. The van der Waals surface area contributed by atoms with Crippen molar-refractivity contribution < 1.29 is 8.42 Å². The van der Waals surface area contributed by atoms with E-state index < -0.39 is 10.2 Å². The van der Waals surface area contributed by atoms with Gasteiger partial charge in [0, 0.05) is 12.6 Å². The molecule has 6 heteroatoms. The third-order valence-corrected chi connectivity index (χ3v) is 2.56. The molecule has 0 spiro atoms. The highest BCUT2D eigenvalue weighted by atomic mass is 32.2. The van der Waals surface area contributed by atoms with Crippen molar-refractivity contribution in [2.75, 3.05) is 13.1 Å². The average molecular weight is 193 g/mol. The molecule has 0 amide bonds. The lowest BCUT2D eigenvalue weighted by molar-refractivity contribution is 0.540. The Morgan fingerprint density at radius 1 is 1.58 bits per heavy atom. The van der Waals surface area contributed by atoms with Gasteiger partial charge >= 0.3 is 0 Å². The van der Waals surface area contributed by atoms with Crippen LogP contribution in [-0.2, 0) is 10.2 Å². The van der Waals surface area contributed by atoms with E-state index in [-0.39, 0.29) is 0 Å². The maximum atomic E-state index is 10.5. The first kappa shape index (κ1) is 9.91. The molecule has 0 saturated carbocycles. The second-order valence-electron chi connectivity index (χ2n) is 3.02. The molecule has 5 nitrogen and oxygen atoms in total. The summed E-state index contributed by atoms with van der Waals surface area (Å²) < 4.78 is 23.2. The van der Waals surface area contributed by atoms with Gasteiger partial charge in [0.2, 0.25) is 0 Å². The zero-order chi connectivity index (χ0) is 9.03. The first-order chi connectivity index (χ1) is 5.58. The van der Waals surface area contributed by atoms with Crippen LogP contribution in [0.2, 0.25) is 0 Å². The smallest absolute Gasteiger partial charge is 0.274 e. The predicted molar refractivity (Wildman–Crippen MR) is 46.8 cm³/mol. The summed E-state index contributed by atoms with van der Waals surface area (Å²) in [5.41, 5.74) is 0. The summed E-state index contributed by atoms with van der Waals surface area (Å²) >= 11 is 0. The molecule has 1 saturated heterocycles. The zero-order valence-electron chi connectivity index (χ0n) is 6.91. The largest absolute Gasteiger partial charge is 0.314 e. The molecule has 4 N–H and O–H groups in total. The third-order valence-electron chi connectivity index (χ3n) is 1.96. The van der Waals surface area contributed by atoms with E-state index >= 15 is 0 Å². The standard InChI is InChI=1S/C6H15N3O2S/c7-12(10,11)9-5-3-6-2-1-4-8-6/h6,8-9H,1-5H2,(H2,7,10,11)/t6-/m1/s1. The lowest BCUT2D eigenvalue weighted by Crippen LogP contribution is -2.34. The van der Waals surface area contributed by atoms with Gasteiger partial charge in [-0.05, 0) is 25.8 Å². The van der Waals surface area contributed by atoms with Gasteiger partial charge in [0.15, 0.2) is 0 Å². The third kappa shape index (κ3) is 4.01. The van der Waals surface area contributed by atoms with Crippen LogP contribution in [0.4, 0.5) is 0 Å². The number of nitrogens with two attached hydrogens (primary N) is 1. The van der Waals surface area contributed by atoms with Gasteiger partial charge in [-0.25, -0.2) is 9.86 Å². The molecule has 1 heterocycles. The summed E-state index contributed by atoms with van der Waals surface area (Å²) in [5.74, 6) is 0. The first-order valence-corrected chi connectivity index (χ1v) is 5.63. The fraction of sp³-hybridized carbons (Fsp3) is 1.00. The van der Waals surface area contributed by atoms with Gasteiger partial charge in [0.05, 0.1) is 0 Å². The monoisotopic (exact) mass is 193 g/mol. The van der Waals surface area contributed by atoms with Gasteiger partial charge < -0.3 is 5.32 Å². The van der Waals surface area contributed by atoms with Gasteiger partial charge in [-0.2, -0.15) is 8.42 Å². The molecule has 1 atom stereocenters. The SMILES string of the molecule is NS(=O)(=O)NCC[C@H]1CCCN1. The molecule has 0 aromatic heterocycles. The van der Waals surface area contributed by atoms with Gasteiger partial charge in [-0.1, -0.05) is 0 Å². The summed E-state index contributed by atoms with van der Waals surface area (Å²) in [4.78, 5) is 0. The van der Waals surface area contributed by atoms with E-state index in [1.807, 2.05) is 0 Å². The van der Waals surface area contributed by atoms with Crippen LogP contribution >= 0.6 is 0 Å². The van der Waals surface area contributed by atoms with Crippen molar-refractivity contribution in [3.63, 3.8) is 0 Å². The Balaban J connectivity index is 2.09. The summed E-state index contributed by atoms with van der Waals surface area (Å²) in [6, 6.07) is 0.458. The number of hydrogen-bond donors (Lipinski definition) is 3. The van der Waals surface area contributed by atoms with Crippen LogP contribution in [0.5, 0.6) is 0 Å². The summed E-state index contributed by atoms with van der Waals surface area (Å²) in [6.07, 6.45) is 3.13. The molecule has 12 heavy (non-hydrogen) atoms. The van der Waals surface area contributed by atoms with E-state index in [0.717, 1.165) is 19.4 Å². The molecule has 1 rings (SSSR count). The Morgan fingerprint density at radius 2 is 2.33 bits per heavy atom. The van der Waals surface area contributed by atoms with Gasteiger partial charge in [0.25, 0.3) is 10.2 Å². The van der Waals surface area contributed by atoms with Crippen LogP contribution in [0, 0.1) is 0 Å². The Hall–Kier alpha value is -0.170. The molecule has 1 fully saturated rings. The van der Waals surface area contributed by atoms with Crippen LogP contribution in [0.25, 0.3) is 0 Å². The summed E-state index contributed by atoms with van der Waals surface area (Å²) in [5, 5.41) is 8.03. The van der Waals surface area contributed by atoms with Crippen LogP contribution in [0.1, 0.15) is 19.3 Å². The highest BCUT2D eigenvalue weighted by molar-refractivity contribution is 7.87. The molecule has 0 aliphatic carbocycles. The minimum atomic E-state index is -3.49. The molecule has 1 aliphatic heterocycles. The number of nitrogens with one attached hydrogen (secondary N) is 2. The molecule has 0 radical (unpaired) electrons. The molecular weight excluding hydrogens is 178 g/mol. The van der Waals surface area contributed by atoms with E-state index in [4.69, 9.17) is 5.14 Å². The van der Waals surface area contributed by atoms with Crippen molar-refractivity contribution in [1.29, 1.82) is 0 Å². The molecule has 0 aromatic rings. The second kappa shape index (κ2) is 4.18. The number of hydrogen-bond acceptors (Lipinski definition) is 3. The van der Waals surface area contributed by atoms with Gasteiger partial charge in [-0.3, -0.25) is 0 Å². The lowest BCUT2D eigenvalue weighted by atomic mass is 10.2. The Labute approximate surface area is 72.9 Å². The fourth-order valence-corrected chi connectivity index (χ4v) is 1.78. The van der Waals surface area contributed by atoms with Crippen LogP contribution in [0.15, 0.2) is 0 Å². The molecule has 72 valence electrons. The fourth-order valence-electron chi connectivity index (χ4n) is 1.38. The van der Waals surface area contributed by atoms with E-state index in [9.17, 15) is 8.42 Å². The van der Waals surface area contributed by atoms with E-state index in [2.05, 4.69) is 10.0 Å². The van der Waals surface area contributed by atoms with Crippen LogP contribution in [-0.4, -0.2) is 27.5 Å². The minimum Gasteiger partial charge on any atom is -0.314 e. The molecule has 0 bridgehead atoms. The Bertz CT molecular complexity index is 221. The van der Waals surface area contributed by atoms with E-state index in [0.29, 0.717) is 12.6 Å². The van der Waals surface area contributed by atoms with Crippen molar-refractivity contribution in [3.05, 3.63) is 0 Å². The lowest BCUT2D eigenvalue weighted by Gasteiger charge is -2.08. The predicted octanol–water partition coefficient (Wildman–Crippen LogP) is -1.08. The summed E-state index contributed by atoms with van der Waals surface area (Å²) in [6.45, 7) is 1.47. The van der Waals surface area contributed by atoms with Crippen molar-refractivity contribution in [3.8, 4) is 0 Å². The first-order valence-electron chi connectivity index (χ1n) is 4.09. The van der Waals surface area contributed by atoms with Crippen molar-refractivity contribution >= 4 is 10.2 Å². The number of rotatable bonds is 4. The quantitative estimate of drug-likeness (QED) is 0.531. The highest BCUT2D eigenvalue weighted by Crippen LogP contribution is 2.07. The van der Waals surface area contributed by atoms with Crippen LogP contribution in [0.3, 0.4) is 0 Å². The van der Waals surface area contributed by atoms with Crippen molar-refractivity contribution in [1.82, 2.24) is 10.0 Å². The maximum absolute atomic E-state index is 10.5. The van der Waals surface area contributed by atoms with E-state index in [1.165, 1.54) is 6.42 Å². The minimum absolute atomic E-state index is 0.427. The second-order valence-corrected chi connectivity index (χ2v) is 4.40. The average Bonchev–Trinajstić information content (AvgIpc) is 2.36. The molecule has 0 unspecified atom stereocenters. The topological polar surface area (TPSA) is 84.2 Å². The molecule has 1 aliphatic rings. The van der Waals surface area contributed by atoms with Crippen molar-refractivity contribution in [2.24, 2.45) is 5.14 Å². The van der Waals surface area contributed by atoms with Gasteiger partial charge in [-0.15, -0.1) is 0 Å². The molecular formula is C6H15N3O2S. The van der Waals surface area contributed by atoms with Crippen molar-refractivity contribution in [2.45, 2.75) is 25.3 Å². The zero-order valence-corrected chi connectivity index (χ0v) is 7.73.